The molecular formula is C15H16N2O2S. The van der Waals surface area contributed by atoms with Crippen molar-refractivity contribution in [2.45, 2.75) is 26.4 Å². The second-order valence-electron chi connectivity index (χ2n) is 5.05. The fourth-order valence-electron chi connectivity index (χ4n) is 2.70. The van der Waals surface area contributed by atoms with Gasteiger partial charge in [0.1, 0.15) is 0 Å². The monoisotopic (exact) mass is 288 g/mol. The molecule has 1 aliphatic rings. The minimum absolute atomic E-state index is 0.454. The van der Waals surface area contributed by atoms with Gasteiger partial charge in [0.2, 0.25) is 0 Å². The molecule has 3 rings (SSSR count). The van der Waals surface area contributed by atoms with Crippen LogP contribution >= 0.6 is 11.3 Å². The van der Waals surface area contributed by atoms with Crippen molar-refractivity contribution in [3.8, 4) is 0 Å². The number of nitrogens with zero attached hydrogens (tertiary/aromatic N) is 2. The van der Waals surface area contributed by atoms with Gasteiger partial charge in [-0.15, -0.1) is 11.3 Å². The van der Waals surface area contributed by atoms with Crippen LogP contribution in [0.5, 0.6) is 0 Å². The second kappa shape index (κ2) is 5.34. The Kier molecular flexibility index (Phi) is 3.54. The normalized spacial score (nSPS) is 15.1. The van der Waals surface area contributed by atoms with Gasteiger partial charge in [-0.2, -0.15) is 0 Å². The first-order valence-electron chi connectivity index (χ1n) is 6.61. The van der Waals surface area contributed by atoms with Crippen molar-refractivity contribution in [1.82, 2.24) is 9.88 Å². The van der Waals surface area contributed by atoms with E-state index in [4.69, 9.17) is 0 Å². The Balaban J connectivity index is 1.79. The molecule has 0 aliphatic carbocycles. The van der Waals surface area contributed by atoms with Gasteiger partial charge in [-0.1, -0.05) is 12.1 Å². The number of carboxylic acid groups (broad SMARTS) is 1. The van der Waals surface area contributed by atoms with E-state index in [2.05, 4.69) is 9.88 Å². The number of hydrogen-bond acceptors (Lipinski definition) is 4. The smallest absolute Gasteiger partial charge is 0.335 e. The van der Waals surface area contributed by atoms with Gasteiger partial charge in [0.05, 0.1) is 10.6 Å². The quantitative estimate of drug-likeness (QED) is 0.943. The van der Waals surface area contributed by atoms with Gasteiger partial charge < -0.3 is 5.11 Å². The third-order valence-electron chi connectivity index (χ3n) is 3.62. The number of fused-ring (bicyclic) bond motifs is 1. The number of aromatic nitrogens is 1. The number of rotatable bonds is 3. The lowest BCUT2D eigenvalue weighted by Crippen LogP contribution is -2.30. The van der Waals surface area contributed by atoms with Crippen molar-refractivity contribution in [1.29, 1.82) is 0 Å². The van der Waals surface area contributed by atoms with Crippen molar-refractivity contribution in [3.63, 3.8) is 0 Å². The zero-order valence-corrected chi connectivity index (χ0v) is 12.1. The van der Waals surface area contributed by atoms with E-state index in [1.54, 1.807) is 17.4 Å². The third-order valence-corrected chi connectivity index (χ3v) is 4.52. The maximum atomic E-state index is 11.2. The van der Waals surface area contributed by atoms with Gasteiger partial charge in [-0.05, 0) is 30.5 Å². The molecule has 1 aliphatic heterocycles. The molecule has 4 nitrogen and oxygen atoms in total. The van der Waals surface area contributed by atoms with E-state index >= 15 is 0 Å². The summed E-state index contributed by atoms with van der Waals surface area (Å²) < 4.78 is 0. The summed E-state index contributed by atoms with van der Waals surface area (Å²) in [4.78, 5) is 19.1. The van der Waals surface area contributed by atoms with Crippen LogP contribution in [0.4, 0.5) is 0 Å². The van der Waals surface area contributed by atoms with Crippen molar-refractivity contribution >= 4 is 17.3 Å². The lowest BCUT2D eigenvalue weighted by Gasteiger charge is -2.29. The van der Waals surface area contributed by atoms with Crippen LogP contribution in [0.15, 0.2) is 24.4 Å². The summed E-state index contributed by atoms with van der Waals surface area (Å²) in [5.41, 5.74) is 2.59. The molecule has 0 atom stereocenters. The zero-order valence-electron chi connectivity index (χ0n) is 11.3. The number of thiazole rings is 1. The largest absolute Gasteiger partial charge is 0.478 e. The number of aromatic carboxylic acids is 1. The SMILES string of the molecule is Cc1ncc(CN2CCc3c(cccc3C(=O)O)C2)s1. The molecule has 0 radical (unpaired) electrons. The third kappa shape index (κ3) is 2.59. The fraction of sp³-hybridized carbons (Fsp3) is 0.333. The van der Waals surface area contributed by atoms with E-state index in [1.807, 2.05) is 25.3 Å². The molecule has 0 fully saturated rings. The predicted molar refractivity (Wildman–Crippen MR) is 78.1 cm³/mol. The molecule has 0 amide bonds. The Labute approximate surface area is 121 Å². The topological polar surface area (TPSA) is 53.4 Å². The van der Waals surface area contributed by atoms with Gasteiger partial charge in [0, 0.05) is 30.7 Å². The first-order valence-corrected chi connectivity index (χ1v) is 7.43. The van der Waals surface area contributed by atoms with Crippen LogP contribution in [0, 0.1) is 6.92 Å². The highest BCUT2D eigenvalue weighted by atomic mass is 32.1. The van der Waals surface area contributed by atoms with Crippen molar-refractivity contribution < 1.29 is 9.90 Å². The Morgan fingerprint density at radius 1 is 1.50 bits per heavy atom. The first-order chi connectivity index (χ1) is 9.63. The lowest BCUT2D eigenvalue weighted by atomic mass is 9.94. The van der Waals surface area contributed by atoms with Crippen LogP contribution < -0.4 is 0 Å². The van der Waals surface area contributed by atoms with E-state index in [1.165, 1.54) is 4.88 Å². The molecule has 1 N–H and O–H groups in total. The summed E-state index contributed by atoms with van der Waals surface area (Å²) in [5.74, 6) is -0.826. The number of aryl methyl sites for hydroxylation is 1. The van der Waals surface area contributed by atoms with Crippen molar-refractivity contribution in [2.75, 3.05) is 6.54 Å². The van der Waals surface area contributed by atoms with E-state index < -0.39 is 5.97 Å². The molecule has 0 unspecified atom stereocenters. The molecule has 5 heteroatoms. The molecule has 20 heavy (non-hydrogen) atoms. The average Bonchev–Trinajstić information content (AvgIpc) is 2.83. The standard InChI is InChI=1S/C15H16N2O2S/c1-10-16-7-12(20-10)9-17-6-5-13-11(8-17)3-2-4-14(13)15(18)19/h2-4,7H,5-6,8-9H2,1H3,(H,18,19). The highest BCUT2D eigenvalue weighted by Crippen LogP contribution is 2.24. The highest BCUT2D eigenvalue weighted by Gasteiger charge is 2.21. The number of carbonyl (C=O) groups is 1. The maximum absolute atomic E-state index is 11.2. The molecule has 0 bridgehead atoms. The second-order valence-corrected chi connectivity index (χ2v) is 6.37. The van der Waals surface area contributed by atoms with Crippen LogP contribution in [0.3, 0.4) is 0 Å². The molecule has 104 valence electrons. The summed E-state index contributed by atoms with van der Waals surface area (Å²) in [6.45, 7) is 4.61. The van der Waals surface area contributed by atoms with E-state index in [0.29, 0.717) is 5.56 Å². The fourth-order valence-corrected chi connectivity index (χ4v) is 3.54. The van der Waals surface area contributed by atoms with E-state index in [-0.39, 0.29) is 0 Å². The zero-order chi connectivity index (χ0) is 14.1. The van der Waals surface area contributed by atoms with Crippen LogP contribution in [-0.4, -0.2) is 27.5 Å². The molecular weight excluding hydrogens is 272 g/mol. The Hall–Kier alpha value is -1.72. The minimum Gasteiger partial charge on any atom is -0.478 e. The molecule has 0 spiro atoms. The highest BCUT2D eigenvalue weighted by molar-refractivity contribution is 7.11. The number of benzene rings is 1. The van der Waals surface area contributed by atoms with Gasteiger partial charge in [-0.3, -0.25) is 4.90 Å². The molecule has 0 saturated carbocycles. The Bertz CT molecular complexity index is 651. The summed E-state index contributed by atoms with van der Waals surface area (Å²) in [6, 6.07) is 5.57. The molecule has 1 aromatic heterocycles. The lowest BCUT2D eigenvalue weighted by molar-refractivity contribution is 0.0694. The molecule has 1 aromatic carbocycles. The molecule has 2 aromatic rings. The maximum Gasteiger partial charge on any atom is 0.335 e. The first kappa shape index (κ1) is 13.3. The number of carboxylic acids is 1. The predicted octanol–water partition coefficient (Wildman–Crippen LogP) is 2.71. The summed E-state index contributed by atoms with van der Waals surface area (Å²) in [6.07, 6.45) is 2.73. The van der Waals surface area contributed by atoms with Gasteiger partial charge in [0.15, 0.2) is 0 Å². The van der Waals surface area contributed by atoms with Crippen LogP contribution in [0.1, 0.15) is 31.4 Å². The van der Waals surface area contributed by atoms with Gasteiger partial charge in [-0.25, -0.2) is 9.78 Å². The van der Waals surface area contributed by atoms with Crippen LogP contribution in [-0.2, 0) is 19.5 Å². The summed E-state index contributed by atoms with van der Waals surface area (Å²) in [5, 5.41) is 10.3. The number of hydrogen-bond donors (Lipinski definition) is 1. The van der Waals surface area contributed by atoms with Crippen molar-refractivity contribution in [3.05, 3.63) is 51.0 Å². The Morgan fingerprint density at radius 3 is 3.05 bits per heavy atom. The van der Waals surface area contributed by atoms with Crippen molar-refractivity contribution in [2.24, 2.45) is 0 Å². The van der Waals surface area contributed by atoms with E-state index in [9.17, 15) is 9.90 Å². The molecule has 2 heterocycles. The van der Waals surface area contributed by atoms with Gasteiger partial charge >= 0.3 is 5.97 Å². The van der Waals surface area contributed by atoms with Crippen LogP contribution in [0.25, 0.3) is 0 Å². The minimum atomic E-state index is -0.826. The van der Waals surface area contributed by atoms with Gasteiger partial charge in [0.25, 0.3) is 0 Å². The molecule has 0 saturated heterocycles. The van der Waals surface area contributed by atoms with E-state index in [0.717, 1.165) is 42.2 Å². The summed E-state index contributed by atoms with van der Waals surface area (Å²) in [7, 11) is 0. The summed E-state index contributed by atoms with van der Waals surface area (Å²) >= 11 is 1.72. The average molecular weight is 288 g/mol. The van der Waals surface area contributed by atoms with Crippen LogP contribution in [0.2, 0.25) is 0 Å². The Morgan fingerprint density at radius 2 is 2.35 bits per heavy atom.